The van der Waals surface area contributed by atoms with Crippen LogP contribution >= 0.6 is 0 Å². The Kier molecular flexibility index (Phi) is 5.88. The molecule has 3 heterocycles. The second-order valence-electron chi connectivity index (χ2n) is 9.15. The van der Waals surface area contributed by atoms with Gasteiger partial charge in [0, 0.05) is 44.4 Å². The first-order valence-corrected chi connectivity index (χ1v) is 10.9. The van der Waals surface area contributed by atoms with Gasteiger partial charge in [-0.3, -0.25) is 9.69 Å². The highest BCUT2D eigenvalue weighted by Gasteiger charge is 2.62. The van der Waals surface area contributed by atoms with Crippen LogP contribution in [0.4, 0.5) is 0 Å². The molecule has 4 heteroatoms. The van der Waals surface area contributed by atoms with Crippen LogP contribution in [0.1, 0.15) is 45.1 Å². The maximum atomic E-state index is 12.4. The quantitative estimate of drug-likeness (QED) is 0.699. The van der Waals surface area contributed by atoms with Crippen LogP contribution in [0.15, 0.2) is 42.0 Å². The lowest BCUT2D eigenvalue weighted by molar-refractivity contribution is -0.121. The van der Waals surface area contributed by atoms with Crippen LogP contribution in [0, 0.1) is 11.8 Å². The average Bonchev–Trinajstić information content (AvgIpc) is 3.34. The van der Waals surface area contributed by atoms with Crippen molar-refractivity contribution in [3.05, 3.63) is 47.5 Å². The molecule has 3 aliphatic rings. The monoisotopic (exact) mass is 382 g/mol. The Morgan fingerprint density at radius 2 is 2.14 bits per heavy atom. The number of nitrogens with one attached hydrogen (secondary N) is 1. The molecule has 28 heavy (non-hydrogen) atoms. The van der Waals surface area contributed by atoms with E-state index in [2.05, 4.69) is 54.4 Å². The number of likely N-dealkylation sites (tertiary alicyclic amines) is 1. The van der Waals surface area contributed by atoms with Gasteiger partial charge in [-0.15, -0.1) is 0 Å². The summed E-state index contributed by atoms with van der Waals surface area (Å²) in [4.78, 5) is 14.9. The molecular weight excluding hydrogens is 348 g/mol. The number of rotatable bonds is 8. The number of ether oxygens (including phenoxy) is 1. The molecule has 0 saturated carbocycles. The number of carbonyl (C=O) groups excluding carboxylic acids is 1. The van der Waals surface area contributed by atoms with Crippen molar-refractivity contribution in [2.24, 2.45) is 11.8 Å². The molecule has 0 unspecified atom stereocenters. The zero-order chi connectivity index (χ0) is 19.6. The van der Waals surface area contributed by atoms with Gasteiger partial charge in [-0.1, -0.05) is 42.0 Å². The summed E-state index contributed by atoms with van der Waals surface area (Å²) in [5.74, 6) is 1.23. The number of fused-ring (bicyclic) bond motifs is 1. The topological polar surface area (TPSA) is 41.6 Å². The Morgan fingerprint density at radius 1 is 1.32 bits per heavy atom. The summed E-state index contributed by atoms with van der Waals surface area (Å²) in [5.41, 5.74) is 2.74. The van der Waals surface area contributed by atoms with Crippen molar-refractivity contribution >= 4 is 5.91 Å². The lowest BCUT2D eigenvalue weighted by Crippen LogP contribution is -2.41. The maximum Gasteiger partial charge on any atom is 0.220 e. The van der Waals surface area contributed by atoms with E-state index in [1.807, 2.05) is 6.07 Å². The number of amides is 1. The van der Waals surface area contributed by atoms with Crippen LogP contribution in [-0.2, 0) is 16.0 Å². The highest BCUT2D eigenvalue weighted by Crippen LogP contribution is 2.54. The molecule has 1 amide bonds. The van der Waals surface area contributed by atoms with E-state index >= 15 is 0 Å². The summed E-state index contributed by atoms with van der Waals surface area (Å²) in [6.45, 7) is 8.28. The molecule has 4 nitrogen and oxygen atoms in total. The second kappa shape index (κ2) is 8.38. The summed E-state index contributed by atoms with van der Waals surface area (Å²) in [6.07, 6.45) is 7.49. The van der Waals surface area contributed by atoms with E-state index in [9.17, 15) is 4.79 Å². The van der Waals surface area contributed by atoms with Crippen LogP contribution in [0.2, 0.25) is 0 Å². The molecule has 3 aliphatic heterocycles. The van der Waals surface area contributed by atoms with Gasteiger partial charge in [0.25, 0.3) is 0 Å². The molecule has 1 N–H and O–H groups in total. The minimum Gasteiger partial charge on any atom is -0.370 e. The van der Waals surface area contributed by atoms with Crippen LogP contribution in [-0.4, -0.2) is 48.7 Å². The smallest absolute Gasteiger partial charge is 0.220 e. The van der Waals surface area contributed by atoms with Crippen LogP contribution in [0.25, 0.3) is 0 Å². The Balaban J connectivity index is 1.25. The number of allylic oxidation sites excluding steroid dienone is 1. The second-order valence-corrected chi connectivity index (χ2v) is 9.15. The summed E-state index contributed by atoms with van der Waals surface area (Å²) < 4.78 is 6.49. The molecule has 4 rings (SSSR count). The van der Waals surface area contributed by atoms with E-state index in [1.54, 1.807) is 0 Å². The van der Waals surface area contributed by atoms with Gasteiger partial charge in [0.15, 0.2) is 0 Å². The molecule has 4 atom stereocenters. The van der Waals surface area contributed by atoms with E-state index in [0.29, 0.717) is 24.4 Å². The molecule has 3 saturated heterocycles. The van der Waals surface area contributed by atoms with E-state index in [4.69, 9.17) is 4.74 Å². The lowest BCUT2D eigenvalue weighted by Gasteiger charge is -2.29. The van der Waals surface area contributed by atoms with Gasteiger partial charge in [0.1, 0.15) is 0 Å². The van der Waals surface area contributed by atoms with Crippen LogP contribution in [0.3, 0.4) is 0 Å². The third-order valence-corrected chi connectivity index (χ3v) is 6.86. The molecule has 152 valence electrons. The molecule has 1 aromatic carbocycles. The zero-order valence-corrected chi connectivity index (χ0v) is 17.3. The third-order valence-electron chi connectivity index (χ3n) is 6.86. The lowest BCUT2D eigenvalue weighted by atomic mass is 9.73. The van der Waals surface area contributed by atoms with Crippen molar-refractivity contribution in [2.75, 3.05) is 26.2 Å². The van der Waals surface area contributed by atoms with Crippen molar-refractivity contribution in [2.45, 2.75) is 57.7 Å². The highest BCUT2D eigenvalue weighted by molar-refractivity contribution is 5.75. The average molecular weight is 383 g/mol. The van der Waals surface area contributed by atoms with E-state index in [-0.39, 0.29) is 11.5 Å². The van der Waals surface area contributed by atoms with Gasteiger partial charge in [-0.2, -0.15) is 0 Å². The van der Waals surface area contributed by atoms with Gasteiger partial charge in [-0.05, 0) is 45.1 Å². The Hall–Kier alpha value is -1.65. The first-order chi connectivity index (χ1) is 13.6. The minimum atomic E-state index is 0.0584. The maximum absolute atomic E-state index is 12.4. The van der Waals surface area contributed by atoms with Gasteiger partial charge in [-0.25, -0.2) is 0 Å². The number of hydrogen-bond donors (Lipinski definition) is 1. The van der Waals surface area contributed by atoms with E-state index in [0.717, 1.165) is 45.4 Å². The van der Waals surface area contributed by atoms with Crippen molar-refractivity contribution in [3.63, 3.8) is 0 Å². The zero-order valence-electron chi connectivity index (χ0n) is 17.3. The molecule has 1 aromatic rings. The van der Waals surface area contributed by atoms with E-state index < -0.39 is 0 Å². The summed E-state index contributed by atoms with van der Waals surface area (Å²) in [5, 5.41) is 3.22. The first kappa shape index (κ1) is 19.7. The molecule has 0 radical (unpaired) electrons. The molecule has 2 bridgehead atoms. The van der Waals surface area contributed by atoms with Gasteiger partial charge in [0.05, 0.1) is 11.7 Å². The fourth-order valence-corrected chi connectivity index (χ4v) is 5.43. The summed E-state index contributed by atoms with van der Waals surface area (Å²) >= 11 is 0. The van der Waals surface area contributed by atoms with E-state index in [1.165, 1.54) is 17.6 Å². The first-order valence-electron chi connectivity index (χ1n) is 10.9. The Bertz CT molecular complexity index is 713. The number of benzene rings is 1. The fraction of sp³-hybridized carbons (Fsp3) is 0.625. The minimum absolute atomic E-state index is 0.0584. The SMILES string of the molecule is CC(C)=CCN1C[C@@H]2[C@H](CNC(=O)CCCc3ccccc3)[C@H]3CC[C@]2(C1)O3. The van der Waals surface area contributed by atoms with Crippen molar-refractivity contribution in [1.29, 1.82) is 0 Å². The number of nitrogens with zero attached hydrogens (tertiary/aromatic N) is 1. The standard InChI is InChI=1S/C24H34N2O2/c1-18(2)12-14-26-16-21-20(22-11-13-24(21,17-26)28-22)15-25-23(27)10-6-9-19-7-4-3-5-8-19/h3-5,7-8,12,20-22H,6,9-11,13-17H2,1-2H3,(H,25,27)/t20-,21+,22+,24+/m0/s1. The number of hydrogen-bond acceptors (Lipinski definition) is 3. The molecule has 3 fully saturated rings. The fourth-order valence-electron chi connectivity index (χ4n) is 5.43. The molecular formula is C24H34N2O2. The summed E-state index contributed by atoms with van der Waals surface area (Å²) in [6, 6.07) is 10.4. The predicted octanol–water partition coefficient (Wildman–Crippen LogP) is 3.57. The van der Waals surface area contributed by atoms with Crippen molar-refractivity contribution in [3.8, 4) is 0 Å². The van der Waals surface area contributed by atoms with Gasteiger partial charge < -0.3 is 10.1 Å². The van der Waals surface area contributed by atoms with Crippen molar-refractivity contribution in [1.82, 2.24) is 10.2 Å². The highest BCUT2D eigenvalue weighted by atomic mass is 16.5. The third kappa shape index (κ3) is 4.18. The largest absolute Gasteiger partial charge is 0.370 e. The molecule has 1 spiro atoms. The number of aryl methyl sites for hydroxylation is 1. The number of carbonyl (C=O) groups is 1. The molecule has 0 aromatic heterocycles. The van der Waals surface area contributed by atoms with Crippen LogP contribution < -0.4 is 5.32 Å². The van der Waals surface area contributed by atoms with Gasteiger partial charge >= 0.3 is 0 Å². The Labute approximate surface area is 169 Å². The molecule has 0 aliphatic carbocycles. The predicted molar refractivity (Wildman–Crippen MR) is 112 cm³/mol. The van der Waals surface area contributed by atoms with Crippen LogP contribution in [0.5, 0.6) is 0 Å². The normalized spacial score (nSPS) is 31.0. The van der Waals surface area contributed by atoms with Crippen molar-refractivity contribution < 1.29 is 9.53 Å². The van der Waals surface area contributed by atoms with Gasteiger partial charge in [0.2, 0.25) is 5.91 Å². The Morgan fingerprint density at radius 3 is 2.93 bits per heavy atom. The summed E-state index contributed by atoms with van der Waals surface area (Å²) in [7, 11) is 0.